The summed E-state index contributed by atoms with van der Waals surface area (Å²) < 4.78 is 10.5. The van der Waals surface area contributed by atoms with Gasteiger partial charge in [0.2, 0.25) is 0 Å². The highest BCUT2D eigenvalue weighted by Gasteiger charge is 2.24. The van der Waals surface area contributed by atoms with E-state index in [4.69, 9.17) is 44.3 Å². The van der Waals surface area contributed by atoms with E-state index in [1.807, 2.05) is 30.3 Å². The smallest absolute Gasteiger partial charge is 0.327 e. The zero-order valence-electron chi connectivity index (χ0n) is 16.0. The van der Waals surface area contributed by atoms with Crippen LogP contribution in [0.2, 0.25) is 15.2 Å². The van der Waals surface area contributed by atoms with E-state index in [1.165, 1.54) is 37.6 Å². The van der Waals surface area contributed by atoms with Crippen LogP contribution in [0.1, 0.15) is 5.56 Å². The first-order chi connectivity index (χ1) is 14.4. The van der Waals surface area contributed by atoms with Crippen molar-refractivity contribution in [1.29, 1.82) is 0 Å². The molecular weight excluding hydrogens is 451 g/mol. The van der Waals surface area contributed by atoms with Crippen molar-refractivity contribution in [3.63, 3.8) is 0 Å². The van der Waals surface area contributed by atoms with Crippen LogP contribution in [0.15, 0.2) is 48.8 Å². The fourth-order valence-electron chi connectivity index (χ4n) is 2.66. The van der Waals surface area contributed by atoms with Crippen molar-refractivity contribution >= 4 is 52.3 Å². The van der Waals surface area contributed by atoms with E-state index >= 15 is 0 Å². The second-order valence-electron chi connectivity index (χ2n) is 5.98. The van der Waals surface area contributed by atoms with Crippen molar-refractivity contribution in [1.82, 2.24) is 9.97 Å². The van der Waals surface area contributed by atoms with E-state index in [2.05, 4.69) is 15.3 Å². The number of aromatic nitrogens is 2. The van der Waals surface area contributed by atoms with Crippen molar-refractivity contribution in [2.24, 2.45) is 0 Å². The van der Waals surface area contributed by atoms with Gasteiger partial charge in [0.25, 0.3) is 0 Å². The largest absolute Gasteiger partial charge is 0.495 e. The number of ether oxygens (including phenoxy) is 2. The molecule has 0 aliphatic rings. The van der Waals surface area contributed by atoms with Gasteiger partial charge in [-0.2, -0.15) is 0 Å². The Labute approximate surface area is 188 Å². The summed E-state index contributed by atoms with van der Waals surface area (Å²) >= 11 is 18.8. The molecule has 0 saturated carbocycles. The number of carbonyl (C=O) groups excluding carboxylic acids is 1. The van der Waals surface area contributed by atoms with Crippen LogP contribution in [-0.4, -0.2) is 30.2 Å². The summed E-state index contributed by atoms with van der Waals surface area (Å²) in [6, 6.07) is 11.9. The number of nitrogens with zero attached hydrogens (tertiary/aromatic N) is 3. The van der Waals surface area contributed by atoms with Gasteiger partial charge in [-0.05, 0) is 5.56 Å². The summed E-state index contributed by atoms with van der Waals surface area (Å²) in [6.45, 7) is 0.219. The maximum absolute atomic E-state index is 13.2. The molecule has 0 radical (unpaired) electrons. The fourth-order valence-corrected chi connectivity index (χ4v) is 3.40. The van der Waals surface area contributed by atoms with Gasteiger partial charge in [0, 0.05) is 12.1 Å². The maximum Gasteiger partial charge on any atom is 0.327 e. The molecule has 1 heterocycles. The Morgan fingerprint density at radius 1 is 1.00 bits per heavy atom. The number of anilines is 2. The second-order valence-corrected chi connectivity index (χ2v) is 7.13. The summed E-state index contributed by atoms with van der Waals surface area (Å²) in [5.74, 6) is 0.902. The number of amides is 2. The van der Waals surface area contributed by atoms with E-state index in [1.54, 1.807) is 0 Å². The van der Waals surface area contributed by atoms with E-state index in [-0.39, 0.29) is 27.4 Å². The molecule has 10 heteroatoms. The Bertz CT molecular complexity index is 1020. The highest BCUT2D eigenvalue weighted by atomic mass is 35.5. The number of carbonyl (C=O) groups is 1. The molecule has 2 aromatic carbocycles. The molecule has 0 aliphatic heterocycles. The molecule has 0 atom stereocenters. The van der Waals surface area contributed by atoms with Crippen LogP contribution in [0.25, 0.3) is 0 Å². The van der Waals surface area contributed by atoms with Gasteiger partial charge >= 0.3 is 6.03 Å². The maximum atomic E-state index is 13.2. The lowest BCUT2D eigenvalue weighted by molar-refractivity contribution is 0.256. The predicted molar refractivity (Wildman–Crippen MR) is 118 cm³/mol. The predicted octanol–water partition coefficient (Wildman–Crippen LogP) is 5.69. The Morgan fingerprint density at radius 3 is 2.20 bits per heavy atom. The molecule has 0 saturated heterocycles. The zero-order valence-corrected chi connectivity index (χ0v) is 18.3. The van der Waals surface area contributed by atoms with Crippen LogP contribution < -0.4 is 19.7 Å². The third-order valence-electron chi connectivity index (χ3n) is 4.13. The van der Waals surface area contributed by atoms with Crippen molar-refractivity contribution in [3.8, 4) is 11.5 Å². The van der Waals surface area contributed by atoms with Crippen LogP contribution >= 0.6 is 34.8 Å². The van der Waals surface area contributed by atoms with Crippen molar-refractivity contribution in [2.75, 3.05) is 24.4 Å². The van der Waals surface area contributed by atoms with Gasteiger partial charge < -0.3 is 14.8 Å². The third kappa shape index (κ3) is 4.87. The minimum Gasteiger partial charge on any atom is -0.495 e. The van der Waals surface area contributed by atoms with Crippen molar-refractivity contribution in [2.45, 2.75) is 6.54 Å². The average Bonchev–Trinajstić information content (AvgIpc) is 2.75. The van der Waals surface area contributed by atoms with Gasteiger partial charge in [-0.25, -0.2) is 14.8 Å². The summed E-state index contributed by atoms with van der Waals surface area (Å²) in [5.41, 5.74) is 1.03. The topological polar surface area (TPSA) is 76.6 Å². The van der Waals surface area contributed by atoms with Gasteiger partial charge in [-0.15, -0.1) is 0 Å². The number of rotatable bonds is 6. The molecule has 3 rings (SSSR count). The van der Waals surface area contributed by atoms with Crippen LogP contribution in [0, 0.1) is 0 Å². The monoisotopic (exact) mass is 466 g/mol. The second kappa shape index (κ2) is 9.84. The van der Waals surface area contributed by atoms with Gasteiger partial charge in [-0.3, -0.25) is 4.90 Å². The van der Waals surface area contributed by atoms with Crippen LogP contribution in [0.4, 0.5) is 16.3 Å². The van der Waals surface area contributed by atoms with E-state index in [0.717, 1.165) is 5.56 Å². The van der Waals surface area contributed by atoms with Crippen LogP contribution in [0.5, 0.6) is 11.5 Å². The summed E-state index contributed by atoms with van der Waals surface area (Å²) in [4.78, 5) is 22.7. The first-order valence-corrected chi connectivity index (χ1v) is 9.78. The Balaban J connectivity index is 2.00. The molecule has 1 aromatic heterocycles. The lowest BCUT2D eigenvalue weighted by atomic mass is 10.2. The number of benzene rings is 2. The summed E-state index contributed by atoms with van der Waals surface area (Å²) in [6.07, 6.45) is 1.28. The molecule has 0 spiro atoms. The normalized spacial score (nSPS) is 10.4. The molecular formula is C20H17Cl3N4O3. The van der Waals surface area contributed by atoms with Gasteiger partial charge in [0.1, 0.15) is 38.8 Å². The molecule has 2 amide bonds. The van der Waals surface area contributed by atoms with Gasteiger partial charge in [0.05, 0.1) is 26.5 Å². The molecule has 0 unspecified atom stereocenters. The molecule has 0 fully saturated rings. The molecule has 0 bridgehead atoms. The number of urea groups is 1. The molecule has 7 nitrogen and oxygen atoms in total. The standard InChI is InChI=1S/C20H17Cl3N4O3/c1-29-13-8-14(30-2)18(23)19(17(13)22)26-20(28)27(10-12-6-4-3-5-7-12)16-9-15(21)24-11-25-16/h3-9,11H,10H2,1-2H3,(H,26,28). The molecule has 1 N–H and O–H groups in total. The molecule has 156 valence electrons. The quantitative estimate of drug-likeness (QED) is 0.471. The minimum absolute atomic E-state index is 0.136. The molecule has 0 aliphatic carbocycles. The Kier molecular flexibility index (Phi) is 7.20. The van der Waals surface area contributed by atoms with Crippen molar-refractivity contribution in [3.05, 3.63) is 69.6 Å². The Hall–Kier alpha value is -2.74. The number of nitrogens with one attached hydrogen (secondary N) is 1. The fraction of sp³-hybridized carbons (Fsp3) is 0.150. The summed E-state index contributed by atoms with van der Waals surface area (Å²) in [7, 11) is 2.90. The number of halogens is 3. The third-order valence-corrected chi connectivity index (χ3v) is 5.09. The van der Waals surface area contributed by atoms with E-state index in [0.29, 0.717) is 17.3 Å². The lowest BCUT2D eigenvalue weighted by Crippen LogP contribution is -2.35. The highest BCUT2D eigenvalue weighted by Crippen LogP contribution is 2.44. The first-order valence-electron chi connectivity index (χ1n) is 8.64. The number of hydrogen-bond donors (Lipinski definition) is 1. The van der Waals surface area contributed by atoms with E-state index in [9.17, 15) is 4.79 Å². The number of methoxy groups -OCH3 is 2. The van der Waals surface area contributed by atoms with Crippen LogP contribution in [-0.2, 0) is 6.54 Å². The van der Waals surface area contributed by atoms with Gasteiger partial charge in [0.15, 0.2) is 0 Å². The first kappa shape index (κ1) is 22.0. The number of hydrogen-bond acceptors (Lipinski definition) is 5. The lowest BCUT2D eigenvalue weighted by Gasteiger charge is -2.23. The van der Waals surface area contributed by atoms with Crippen molar-refractivity contribution < 1.29 is 14.3 Å². The average molecular weight is 468 g/mol. The van der Waals surface area contributed by atoms with Crippen LogP contribution in [0.3, 0.4) is 0 Å². The molecule has 30 heavy (non-hydrogen) atoms. The SMILES string of the molecule is COc1cc(OC)c(Cl)c(NC(=O)N(Cc2ccccc2)c2cc(Cl)ncn2)c1Cl. The minimum atomic E-state index is -0.535. The van der Waals surface area contributed by atoms with Gasteiger partial charge in [-0.1, -0.05) is 65.1 Å². The zero-order chi connectivity index (χ0) is 21.7. The van der Waals surface area contributed by atoms with E-state index < -0.39 is 6.03 Å². The summed E-state index contributed by atoms with van der Waals surface area (Å²) in [5, 5.41) is 3.20. The highest BCUT2D eigenvalue weighted by molar-refractivity contribution is 6.41. The molecule has 3 aromatic rings. The Morgan fingerprint density at radius 2 is 1.63 bits per heavy atom.